The van der Waals surface area contributed by atoms with E-state index in [1.807, 2.05) is 0 Å². The lowest BCUT2D eigenvalue weighted by atomic mass is 9.86. The summed E-state index contributed by atoms with van der Waals surface area (Å²) in [5.41, 5.74) is 1.32. The third kappa shape index (κ3) is 5.09. The Bertz CT molecular complexity index is 352. The van der Waals surface area contributed by atoms with Crippen molar-refractivity contribution in [3.05, 3.63) is 34.3 Å². The van der Waals surface area contributed by atoms with Crippen LogP contribution in [0.15, 0.2) is 28.7 Å². The highest BCUT2D eigenvalue weighted by atomic mass is 79.9. The van der Waals surface area contributed by atoms with Crippen LogP contribution >= 0.6 is 15.9 Å². The summed E-state index contributed by atoms with van der Waals surface area (Å²) < 4.78 is 1.11. The molecule has 3 heteroatoms. The molecule has 102 valence electrons. The monoisotopic (exact) mass is 313 g/mol. The van der Waals surface area contributed by atoms with E-state index in [2.05, 4.69) is 66.0 Å². The molecular weight excluding hydrogens is 290 g/mol. The van der Waals surface area contributed by atoms with E-state index in [4.69, 9.17) is 0 Å². The highest BCUT2D eigenvalue weighted by Gasteiger charge is 2.24. The lowest BCUT2D eigenvalue weighted by Crippen LogP contribution is -2.35. The maximum Gasteiger partial charge on any atom is 0.0497 e. The van der Waals surface area contributed by atoms with Gasteiger partial charge in [-0.2, -0.15) is 0 Å². The van der Waals surface area contributed by atoms with E-state index in [0.29, 0.717) is 0 Å². The summed E-state index contributed by atoms with van der Waals surface area (Å²) in [6, 6.07) is 8.41. The molecule has 18 heavy (non-hydrogen) atoms. The Balaban J connectivity index is 2.54. The van der Waals surface area contributed by atoms with Crippen LogP contribution in [0.5, 0.6) is 0 Å². The molecule has 1 unspecified atom stereocenters. The molecule has 0 fully saturated rings. The minimum atomic E-state index is 0.0128. The molecule has 1 aromatic rings. The first-order chi connectivity index (χ1) is 8.49. The van der Waals surface area contributed by atoms with Crippen LogP contribution in [0.3, 0.4) is 0 Å². The first-order valence-electron chi connectivity index (χ1n) is 6.53. The van der Waals surface area contributed by atoms with E-state index < -0.39 is 0 Å². The SMILES string of the molecule is CCCC(C)(CO)CN(C)Cc1ccc(Br)cc1. The standard InChI is InChI=1S/C15H24BrNO/c1-4-9-15(2,12-18)11-17(3)10-13-5-7-14(16)8-6-13/h5-8,18H,4,9-12H2,1-3H3. The maximum atomic E-state index is 9.53. The molecule has 0 aliphatic carbocycles. The average molecular weight is 314 g/mol. The van der Waals surface area contributed by atoms with Gasteiger partial charge in [0.2, 0.25) is 0 Å². The fourth-order valence-corrected chi connectivity index (χ4v) is 2.69. The number of hydrogen-bond donors (Lipinski definition) is 1. The number of aliphatic hydroxyl groups excluding tert-OH is 1. The smallest absolute Gasteiger partial charge is 0.0497 e. The van der Waals surface area contributed by atoms with Crippen LogP contribution in [0.4, 0.5) is 0 Å². The van der Waals surface area contributed by atoms with Crippen molar-refractivity contribution in [1.29, 1.82) is 0 Å². The van der Waals surface area contributed by atoms with E-state index in [1.54, 1.807) is 0 Å². The lowest BCUT2D eigenvalue weighted by molar-refractivity contribution is 0.0878. The quantitative estimate of drug-likeness (QED) is 0.830. The normalized spacial score (nSPS) is 14.8. The van der Waals surface area contributed by atoms with Gasteiger partial charge in [0.15, 0.2) is 0 Å². The maximum absolute atomic E-state index is 9.53. The minimum Gasteiger partial charge on any atom is -0.396 e. The van der Waals surface area contributed by atoms with Crippen LogP contribution in [0, 0.1) is 5.41 Å². The highest BCUT2D eigenvalue weighted by Crippen LogP contribution is 2.24. The largest absolute Gasteiger partial charge is 0.396 e. The van der Waals surface area contributed by atoms with Crippen molar-refractivity contribution in [2.75, 3.05) is 20.2 Å². The third-order valence-corrected chi connectivity index (χ3v) is 3.78. The van der Waals surface area contributed by atoms with Crippen LogP contribution in [-0.4, -0.2) is 30.2 Å². The topological polar surface area (TPSA) is 23.5 Å². The molecule has 0 amide bonds. The zero-order chi connectivity index (χ0) is 13.6. The molecule has 0 heterocycles. The number of hydrogen-bond acceptors (Lipinski definition) is 2. The summed E-state index contributed by atoms with van der Waals surface area (Å²) >= 11 is 3.45. The summed E-state index contributed by atoms with van der Waals surface area (Å²) in [5, 5.41) is 9.53. The number of aliphatic hydroxyl groups is 1. The summed E-state index contributed by atoms with van der Waals surface area (Å²) in [5.74, 6) is 0. The second-order valence-corrected chi connectivity index (χ2v) is 6.43. The third-order valence-electron chi connectivity index (χ3n) is 3.25. The van der Waals surface area contributed by atoms with Crippen molar-refractivity contribution < 1.29 is 5.11 Å². The fraction of sp³-hybridized carbons (Fsp3) is 0.600. The Morgan fingerprint density at radius 1 is 1.28 bits per heavy atom. The zero-order valence-electron chi connectivity index (χ0n) is 11.6. The summed E-state index contributed by atoms with van der Waals surface area (Å²) in [6.45, 7) is 6.43. The van der Waals surface area contributed by atoms with E-state index in [0.717, 1.165) is 30.4 Å². The number of rotatable bonds is 7. The average Bonchev–Trinajstić information content (AvgIpc) is 2.32. The predicted octanol–water partition coefficient (Wildman–Crippen LogP) is 3.68. The van der Waals surface area contributed by atoms with Crippen molar-refractivity contribution in [3.8, 4) is 0 Å². The summed E-state index contributed by atoms with van der Waals surface area (Å²) in [6.07, 6.45) is 2.18. The predicted molar refractivity (Wildman–Crippen MR) is 80.6 cm³/mol. The van der Waals surface area contributed by atoms with Crippen LogP contribution < -0.4 is 0 Å². The van der Waals surface area contributed by atoms with Crippen molar-refractivity contribution in [2.24, 2.45) is 5.41 Å². The first kappa shape index (κ1) is 15.7. The molecule has 1 aromatic carbocycles. The molecule has 0 spiro atoms. The van der Waals surface area contributed by atoms with Gasteiger partial charge in [0.25, 0.3) is 0 Å². The Labute approximate surface area is 119 Å². The Kier molecular flexibility index (Phi) is 6.33. The van der Waals surface area contributed by atoms with Crippen LogP contribution in [0.1, 0.15) is 32.3 Å². The first-order valence-corrected chi connectivity index (χ1v) is 7.32. The molecule has 0 aliphatic rings. The molecular formula is C15H24BrNO. The molecule has 0 aliphatic heterocycles. The molecule has 1 N–H and O–H groups in total. The van der Waals surface area contributed by atoms with Gasteiger partial charge in [-0.25, -0.2) is 0 Å². The van der Waals surface area contributed by atoms with Crippen LogP contribution in [0.2, 0.25) is 0 Å². The van der Waals surface area contributed by atoms with Crippen molar-refractivity contribution in [3.63, 3.8) is 0 Å². The van der Waals surface area contributed by atoms with Gasteiger partial charge in [0.05, 0.1) is 0 Å². The van der Waals surface area contributed by atoms with Gasteiger partial charge >= 0.3 is 0 Å². The highest BCUT2D eigenvalue weighted by molar-refractivity contribution is 9.10. The van der Waals surface area contributed by atoms with E-state index in [1.165, 1.54) is 5.56 Å². The molecule has 1 atom stereocenters. The summed E-state index contributed by atoms with van der Waals surface area (Å²) in [7, 11) is 2.12. The van der Waals surface area contributed by atoms with Crippen LogP contribution in [-0.2, 0) is 6.54 Å². The Hall–Kier alpha value is -0.380. The van der Waals surface area contributed by atoms with Crippen molar-refractivity contribution in [1.82, 2.24) is 4.90 Å². The number of halogens is 1. The second-order valence-electron chi connectivity index (χ2n) is 5.52. The van der Waals surface area contributed by atoms with Crippen molar-refractivity contribution in [2.45, 2.75) is 33.2 Å². The van der Waals surface area contributed by atoms with Gasteiger partial charge in [0, 0.05) is 29.6 Å². The molecule has 1 rings (SSSR count). The van der Waals surface area contributed by atoms with E-state index >= 15 is 0 Å². The number of nitrogens with zero attached hydrogens (tertiary/aromatic N) is 1. The van der Waals surface area contributed by atoms with E-state index in [-0.39, 0.29) is 12.0 Å². The molecule has 0 bridgehead atoms. The summed E-state index contributed by atoms with van der Waals surface area (Å²) in [4.78, 5) is 2.29. The Morgan fingerprint density at radius 2 is 1.89 bits per heavy atom. The minimum absolute atomic E-state index is 0.0128. The van der Waals surface area contributed by atoms with Gasteiger partial charge < -0.3 is 10.0 Å². The van der Waals surface area contributed by atoms with Crippen LogP contribution in [0.25, 0.3) is 0 Å². The molecule has 2 nitrogen and oxygen atoms in total. The van der Waals surface area contributed by atoms with Gasteiger partial charge in [-0.05, 0) is 31.2 Å². The lowest BCUT2D eigenvalue weighted by Gasteiger charge is -2.32. The van der Waals surface area contributed by atoms with Gasteiger partial charge in [-0.1, -0.05) is 48.3 Å². The fourth-order valence-electron chi connectivity index (χ4n) is 2.42. The second kappa shape index (κ2) is 7.27. The molecule has 0 radical (unpaired) electrons. The van der Waals surface area contributed by atoms with Gasteiger partial charge in [-0.3, -0.25) is 0 Å². The molecule has 0 saturated carbocycles. The molecule has 0 aromatic heterocycles. The number of benzene rings is 1. The van der Waals surface area contributed by atoms with Gasteiger partial charge in [0.1, 0.15) is 0 Å². The van der Waals surface area contributed by atoms with E-state index in [9.17, 15) is 5.11 Å². The zero-order valence-corrected chi connectivity index (χ0v) is 13.2. The van der Waals surface area contributed by atoms with Gasteiger partial charge in [-0.15, -0.1) is 0 Å². The Morgan fingerprint density at radius 3 is 2.39 bits per heavy atom. The molecule has 0 saturated heterocycles. The van der Waals surface area contributed by atoms with Crippen molar-refractivity contribution >= 4 is 15.9 Å².